The van der Waals surface area contributed by atoms with Gasteiger partial charge in [-0.2, -0.15) is 10.5 Å². The van der Waals surface area contributed by atoms with Gasteiger partial charge in [0.1, 0.15) is 18.2 Å². The average Bonchev–Trinajstić information content (AvgIpc) is 3.10. The van der Waals surface area contributed by atoms with Gasteiger partial charge in [-0.25, -0.2) is 9.59 Å². The zero-order valence-corrected chi connectivity index (χ0v) is 25.9. The number of ether oxygens (including phenoxy) is 1. The summed E-state index contributed by atoms with van der Waals surface area (Å²) in [7, 11) is 0. The van der Waals surface area contributed by atoms with Gasteiger partial charge in [0.05, 0.1) is 42.2 Å². The van der Waals surface area contributed by atoms with Crippen molar-refractivity contribution < 1.29 is 19.1 Å². The van der Waals surface area contributed by atoms with Crippen molar-refractivity contribution >= 4 is 27.8 Å². The summed E-state index contributed by atoms with van der Waals surface area (Å²) >= 11 is 0. The maximum absolute atomic E-state index is 12.4. The average molecular weight is 643 g/mol. The summed E-state index contributed by atoms with van der Waals surface area (Å²) in [6, 6.07) is 36.5. The Bertz CT molecular complexity index is 2300. The summed E-state index contributed by atoms with van der Waals surface area (Å²) in [6.45, 7) is 2.79. The Kier molecular flexibility index (Phi) is 11.8. The standard InChI is InChI=1S/C17H12N2O2.C15H11NO3.C5H7NO2/c18-10-14-16(20)13-8-4-5-9-15(13)19(17(14)21)11-12-6-2-1-3-7-12;17-14-12-8-4-5-9-13(12)16(15(18)19-14)10-11-6-2-1-3-7-11;1-2-8-5(7)3-4-6/h1-9,20H,11H2;1-9H,10H2;2-3H2,1H3. The molecule has 0 saturated heterocycles. The van der Waals surface area contributed by atoms with E-state index in [0.29, 0.717) is 41.5 Å². The van der Waals surface area contributed by atoms with Gasteiger partial charge in [-0.1, -0.05) is 84.9 Å². The van der Waals surface area contributed by atoms with E-state index in [1.54, 1.807) is 67.6 Å². The first kappa shape index (κ1) is 34.2. The number of nitrogens with zero attached hydrogens (tertiary/aromatic N) is 4. The normalized spacial score (nSPS) is 10.1. The van der Waals surface area contributed by atoms with Crippen LogP contribution in [-0.4, -0.2) is 26.8 Å². The number of esters is 1. The SMILES string of the molecule is CCOC(=O)CC#N.N#Cc1c(O)c2ccccc2n(Cc2ccccc2)c1=O.O=c1oc(=O)n(Cc2ccccc2)c2ccccc12. The number of aromatic nitrogens is 2. The molecule has 0 fully saturated rings. The number of hydrogen-bond donors (Lipinski definition) is 1. The van der Waals surface area contributed by atoms with E-state index in [1.807, 2.05) is 60.7 Å². The first-order chi connectivity index (χ1) is 23.3. The van der Waals surface area contributed by atoms with E-state index in [2.05, 4.69) is 4.74 Å². The van der Waals surface area contributed by atoms with Crippen LogP contribution >= 0.6 is 0 Å². The van der Waals surface area contributed by atoms with E-state index < -0.39 is 22.9 Å². The second kappa shape index (κ2) is 16.5. The largest absolute Gasteiger partial charge is 0.506 e. The van der Waals surface area contributed by atoms with E-state index in [4.69, 9.17) is 14.9 Å². The van der Waals surface area contributed by atoms with E-state index in [-0.39, 0.29) is 17.7 Å². The fourth-order valence-electron chi connectivity index (χ4n) is 4.77. The van der Waals surface area contributed by atoms with Crippen LogP contribution in [0.25, 0.3) is 21.8 Å². The van der Waals surface area contributed by atoms with Gasteiger partial charge in [-0.3, -0.25) is 14.2 Å². The minimum atomic E-state index is -0.632. The topological polar surface area (TPSA) is 168 Å². The minimum Gasteiger partial charge on any atom is -0.506 e. The number of carbonyl (C=O) groups is 1. The zero-order chi connectivity index (χ0) is 34.5. The number of fused-ring (bicyclic) bond motifs is 2. The van der Waals surface area contributed by atoms with E-state index in [9.17, 15) is 24.3 Å². The first-order valence-electron chi connectivity index (χ1n) is 14.8. The predicted octanol–water partition coefficient (Wildman–Crippen LogP) is 5.09. The van der Waals surface area contributed by atoms with Gasteiger partial charge >= 0.3 is 17.4 Å². The van der Waals surface area contributed by atoms with Crippen LogP contribution in [0.2, 0.25) is 0 Å². The molecular formula is C37H30N4O7. The molecule has 6 rings (SSSR count). The van der Waals surface area contributed by atoms with Crippen molar-refractivity contribution in [1.82, 2.24) is 9.13 Å². The molecule has 0 aliphatic carbocycles. The van der Waals surface area contributed by atoms with Crippen LogP contribution in [-0.2, 0) is 22.6 Å². The molecule has 0 aliphatic heterocycles. The van der Waals surface area contributed by atoms with Crippen LogP contribution in [0.15, 0.2) is 128 Å². The van der Waals surface area contributed by atoms with Crippen LogP contribution in [0.4, 0.5) is 0 Å². The Balaban J connectivity index is 0.000000179. The van der Waals surface area contributed by atoms with Gasteiger partial charge in [-0.05, 0) is 42.3 Å². The summed E-state index contributed by atoms with van der Waals surface area (Å²) < 4.78 is 12.1. The van der Waals surface area contributed by atoms with Crippen molar-refractivity contribution in [2.45, 2.75) is 26.4 Å². The van der Waals surface area contributed by atoms with Crippen LogP contribution in [0, 0.1) is 22.7 Å². The molecule has 0 bridgehead atoms. The molecule has 0 aliphatic rings. The smallest absolute Gasteiger partial charge is 0.422 e. The molecule has 240 valence electrons. The lowest BCUT2D eigenvalue weighted by Crippen LogP contribution is -2.25. The molecule has 11 heteroatoms. The van der Waals surface area contributed by atoms with Gasteiger partial charge in [-0.15, -0.1) is 0 Å². The fourth-order valence-corrected chi connectivity index (χ4v) is 4.77. The lowest BCUT2D eigenvalue weighted by Gasteiger charge is -2.12. The highest BCUT2D eigenvalue weighted by molar-refractivity contribution is 5.87. The molecule has 0 spiro atoms. The van der Waals surface area contributed by atoms with Crippen molar-refractivity contribution in [3.8, 4) is 17.9 Å². The molecule has 0 saturated carbocycles. The fraction of sp³-hybridized carbons (Fsp3) is 0.135. The third-order valence-electron chi connectivity index (χ3n) is 6.97. The molecule has 1 N–H and O–H groups in total. The highest BCUT2D eigenvalue weighted by Gasteiger charge is 2.16. The lowest BCUT2D eigenvalue weighted by atomic mass is 10.1. The number of nitriles is 2. The Hall–Kier alpha value is -6.72. The second-order valence-electron chi connectivity index (χ2n) is 10.1. The van der Waals surface area contributed by atoms with E-state index >= 15 is 0 Å². The van der Waals surface area contributed by atoms with Crippen molar-refractivity contribution in [3.05, 3.63) is 157 Å². The third-order valence-corrected chi connectivity index (χ3v) is 6.97. The molecule has 2 aromatic heterocycles. The van der Waals surface area contributed by atoms with Crippen molar-refractivity contribution in [3.63, 3.8) is 0 Å². The van der Waals surface area contributed by atoms with Crippen molar-refractivity contribution in [1.29, 1.82) is 10.5 Å². The monoisotopic (exact) mass is 642 g/mol. The first-order valence-corrected chi connectivity index (χ1v) is 14.8. The molecule has 6 aromatic rings. The number of rotatable bonds is 6. The predicted molar refractivity (Wildman–Crippen MR) is 179 cm³/mol. The summed E-state index contributed by atoms with van der Waals surface area (Å²) in [4.78, 5) is 46.1. The highest BCUT2D eigenvalue weighted by atomic mass is 16.5. The van der Waals surface area contributed by atoms with E-state index in [0.717, 1.165) is 11.1 Å². The third kappa shape index (κ3) is 8.30. The van der Waals surface area contributed by atoms with Crippen LogP contribution in [0.3, 0.4) is 0 Å². The van der Waals surface area contributed by atoms with Crippen molar-refractivity contribution in [2.75, 3.05) is 6.61 Å². The summed E-state index contributed by atoms with van der Waals surface area (Å²) in [5.74, 6) is -1.33. The minimum absolute atomic E-state index is 0.145. The molecule has 11 nitrogen and oxygen atoms in total. The van der Waals surface area contributed by atoms with Crippen molar-refractivity contribution in [2.24, 2.45) is 0 Å². The van der Waals surface area contributed by atoms with Gasteiger partial charge in [0.25, 0.3) is 5.56 Å². The molecule has 4 aromatic carbocycles. The highest BCUT2D eigenvalue weighted by Crippen LogP contribution is 2.26. The van der Waals surface area contributed by atoms with Crippen LogP contribution in [0.1, 0.15) is 30.0 Å². The second-order valence-corrected chi connectivity index (χ2v) is 10.1. The van der Waals surface area contributed by atoms with Gasteiger partial charge in [0.15, 0.2) is 5.56 Å². The van der Waals surface area contributed by atoms with Crippen LogP contribution < -0.4 is 16.9 Å². The summed E-state index contributed by atoms with van der Waals surface area (Å²) in [5.41, 5.74) is 1.85. The number of carbonyl (C=O) groups excluding carboxylic acids is 1. The Labute approximate surface area is 274 Å². The molecule has 2 heterocycles. The van der Waals surface area contributed by atoms with Gasteiger partial charge in [0, 0.05) is 5.39 Å². The Morgan fingerprint density at radius 2 is 1.25 bits per heavy atom. The molecule has 0 amide bonds. The number of benzene rings is 4. The number of pyridine rings is 1. The number of aromatic hydroxyl groups is 1. The quantitative estimate of drug-likeness (QED) is 0.243. The summed E-state index contributed by atoms with van der Waals surface area (Å²) in [5, 5.41) is 28.0. The Morgan fingerprint density at radius 3 is 1.79 bits per heavy atom. The molecular weight excluding hydrogens is 612 g/mol. The zero-order valence-electron chi connectivity index (χ0n) is 25.9. The molecule has 0 unspecified atom stereocenters. The molecule has 48 heavy (non-hydrogen) atoms. The number of para-hydroxylation sites is 2. The van der Waals surface area contributed by atoms with E-state index in [1.165, 1.54) is 9.13 Å². The molecule has 0 radical (unpaired) electrons. The van der Waals surface area contributed by atoms with Gasteiger partial charge in [0.2, 0.25) is 0 Å². The van der Waals surface area contributed by atoms with Crippen LogP contribution in [0.5, 0.6) is 5.75 Å². The maximum Gasteiger partial charge on any atom is 0.422 e. The lowest BCUT2D eigenvalue weighted by molar-refractivity contribution is -0.141. The summed E-state index contributed by atoms with van der Waals surface area (Å²) in [6.07, 6.45) is -0.145. The Morgan fingerprint density at radius 1 is 0.750 bits per heavy atom. The van der Waals surface area contributed by atoms with Gasteiger partial charge < -0.3 is 18.8 Å². The maximum atomic E-state index is 12.4. The molecule has 0 atom stereocenters. The number of hydrogen-bond acceptors (Lipinski definition) is 9.